The van der Waals surface area contributed by atoms with Gasteiger partial charge in [-0.15, -0.1) is 0 Å². The van der Waals surface area contributed by atoms with Crippen LogP contribution >= 0.6 is 15.9 Å². The summed E-state index contributed by atoms with van der Waals surface area (Å²) in [6.07, 6.45) is -0.00266. The van der Waals surface area contributed by atoms with E-state index in [1.165, 1.54) is 19.4 Å². The van der Waals surface area contributed by atoms with Crippen LogP contribution < -0.4 is 30.3 Å². The van der Waals surface area contributed by atoms with Gasteiger partial charge in [-0.2, -0.15) is 10.4 Å². The Morgan fingerprint density at radius 3 is 2.60 bits per heavy atom. The molecule has 48 heavy (non-hydrogen) atoms. The molecule has 0 unspecified atom stereocenters. The molecule has 0 aliphatic carbocycles. The number of aliphatic hydroxyl groups excluding tert-OH is 1. The largest absolute Gasteiger partial charge is 0.490 e. The Bertz CT molecular complexity index is 1790. The Kier molecular flexibility index (Phi) is 11.9. The van der Waals surface area contributed by atoms with Crippen molar-refractivity contribution in [2.45, 2.75) is 32.7 Å². The zero-order valence-electron chi connectivity index (χ0n) is 26.0. The number of nitro benzene ring substituents is 1. The summed E-state index contributed by atoms with van der Waals surface area (Å²) < 4.78 is 22.4. The topological polar surface area (TPSA) is 207 Å². The molecule has 3 aromatic carbocycles. The van der Waals surface area contributed by atoms with E-state index in [9.17, 15) is 24.8 Å². The molecule has 0 fully saturated rings. The molecule has 1 aliphatic heterocycles. The fourth-order valence-electron chi connectivity index (χ4n) is 4.60. The Hall–Kier alpha value is -5.66. The van der Waals surface area contributed by atoms with Crippen LogP contribution in [0.25, 0.3) is 0 Å². The van der Waals surface area contributed by atoms with Gasteiger partial charge in [-0.1, -0.05) is 18.2 Å². The van der Waals surface area contributed by atoms with E-state index in [-0.39, 0.29) is 42.6 Å². The number of urea groups is 1. The summed E-state index contributed by atoms with van der Waals surface area (Å²) in [6, 6.07) is 15.1. The number of esters is 1. The van der Waals surface area contributed by atoms with Crippen LogP contribution in [0.4, 0.5) is 10.5 Å². The highest BCUT2D eigenvalue weighted by atomic mass is 79.9. The van der Waals surface area contributed by atoms with Crippen LogP contribution in [0.2, 0.25) is 0 Å². The lowest BCUT2D eigenvalue weighted by atomic mass is 9.95. The number of hydrazone groups is 1. The molecule has 0 saturated carbocycles. The molecule has 4 N–H and O–H groups in total. The summed E-state index contributed by atoms with van der Waals surface area (Å²) in [6.45, 7) is 3.43. The first-order valence-electron chi connectivity index (χ1n) is 14.4. The standard InChI is InChI=1S/C32H31BrN6O9/c1-4-46-26-13-22(29-28(31(41)45-3)18(2)36-32(42)37-29)9-10-25(26)47-17-27(40)38-35-15-21-11-23(33)30(24(12-21)39(43)44)48-16-20-7-5-19(14-34)6-8-20/h5-13,15,27,29,38,40H,4,16-17H2,1-3H3,(H2,36,37,42)/b35-15+/t27-,29+/m0/s1. The normalized spacial score (nSPS) is 14.8. The van der Waals surface area contributed by atoms with E-state index in [0.717, 1.165) is 5.56 Å². The fraction of sp³-hybridized carbons (Fsp3) is 0.250. The highest BCUT2D eigenvalue weighted by Gasteiger charge is 2.32. The van der Waals surface area contributed by atoms with Crippen molar-refractivity contribution in [2.24, 2.45) is 5.10 Å². The number of halogens is 1. The van der Waals surface area contributed by atoms with Crippen LogP contribution in [0.3, 0.4) is 0 Å². The number of aliphatic hydroxyl groups is 1. The third kappa shape index (κ3) is 8.78. The van der Waals surface area contributed by atoms with Crippen molar-refractivity contribution < 1.29 is 38.6 Å². The number of nitrogens with one attached hydrogen (secondary N) is 3. The zero-order chi connectivity index (χ0) is 34.8. The van der Waals surface area contributed by atoms with Gasteiger partial charge in [0.25, 0.3) is 0 Å². The van der Waals surface area contributed by atoms with E-state index in [1.54, 1.807) is 62.4 Å². The number of ether oxygens (including phenoxy) is 4. The lowest BCUT2D eigenvalue weighted by Gasteiger charge is -2.28. The Morgan fingerprint density at radius 2 is 1.94 bits per heavy atom. The number of hydrogen-bond acceptors (Lipinski definition) is 12. The van der Waals surface area contributed by atoms with E-state index in [1.807, 2.05) is 6.07 Å². The molecule has 0 aromatic heterocycles. The van der Waals surface area contributed by atoms with Crippen molar-refractivity contribution >= 4 is 39.8 Å². The molecule has 16 heteroatoms. The second-order valence-electron chi connectivity index (χ2n) is 10.1. The highest BCUT2D eigenvalue weighted by molar-refractivity contribution is 9.10. The van der Waals surface area contributed by atoms with Crippen molar-refractivity contribution in [3.8, 4) is 23.3 Å². The van der Waals surface area contributed by atoms with Gasteiger partial charge in [0.2, 0.25) is 5.75 Å². The van der Waals surface area contributed by atoms with Crippen molar-refractivity contribution in [2.75, 3.05) is 20.3 Å². The van der Waals surface area contributed by atoms with Gasteiger partial charge < -0.3 is 34.7 Å². The molecular formula is C32H31BrN6O9. The molecular weight excluding hydrogens is 692 g/mol. The smallest absolute Gasteiger partial charge is 0.337 e. The predicted octanol–water partition coefficient (Wildman–Crippen LogP) is 4.33. The van der Waals surface area contributed by atoms with E-state index in [2.05, 4.69) is 37.1 Å². The van der Waals surface area contributed by atoms with Gasteiger partial charge in [-0.25, -0.2) is 9.59 Å². The quantitative estimate of drug-likeness (QED) is 0.0606. The van der Waals surface area contributed by atoms with Crippen LogP contribution in [-0.2, 0) is 16.1 Å². The van der Waals surface area contributed by atoms with Gasteiger partial charge in [0.05, 0.1) is 52.6 Å². The van der Waals surface area contributed by atoms with Crippen LogP contribution in [0, 0.1) is 21.4 Å². The minimum Gasteiger partial charge on any atom is -0.490 e. The van der Waals surface area contributed by atoms with Crippen molar-refractivity contribution in [3.63, 3.8) is 0 Å². The van der Waals surface area contributed by atoms with Crippen LogP contribution in [0.1, 0.15) is 42.1 Å². The maximum atomic E-state index is 12.5. The molecule has 2 atom stereocenters. The van der Waals surface area contributed by atoms with Crippen molar-refractivity contribution in [1.29, 1.82) is 5.26 Å². The summed E-state index contributed by atoms with van der Waals surface area (Å²) >= 11 is 3.32. The lowest BCUT2D eigenvalue weighted by Crippen LogP contribution is -2.45. The number of rotatable bonds is 14. The summed E-state index contributed by atoms with van der Waals surface area (Å²) in [5, 5.41) is 40.4. The van der Waals surface area contributed by atoms with Crippen LogP contribution in [0.15, 0.2) is 75.4 Å². The van der Waals surface area contributed by atoms with Crippen molar-refractivity contribution in [1.82, 2.24) is 16.1 Å². The van der Waals surface area contributed by atoms with Gasteiger partial charge in [-0.05, 0) is 71.2 Å². The SMILES string of the molecule is CCOc1cc([C@H]2NC(=O)NC(C)=C2C(=O)OC)ccc1OC[C@H](O)N/N=C/c1cc(Br)c(OCc2ccc(C#N)cc2)c([N+](=O)[O-])c1. The van der Waals surface area contributed by atoms with E-state index in [0.29, 0.717) is 32.6 Å². The molecule has 0 bridgehead atoms. The summed E-state index contributed by atoms with van der Waals surface area (Å²) in [5.74, 6) is -0.000588. The van der Waals surface area contributed by atoms with Crippen LogP contribution in [0.5, 0.6) is 17.2 Å². The van der Waals surface area contributed by atoms with Crippen LogP contribution in [-0.4, -0.2) is 54.8 Å². The molecule has 2 amide bonds. The summed E-state index contributed by atoms with van der Waals surface area (Å²) in [5.41, 5.74) is 4.87. The first kappa shape index (κ1) is 35.2. The third-order valence-corrected chi connectivity index (χ3v) is 7.41. The number of amides is 2. The van der Waals surface area contributed by atoms with E-state index >= 15 is 0 Å². The summed E-state index contributed by atoms with van der Waals surface area (Å²) in [7, 11) is 1.25. The van der Waals surface area contributed by atoms with Crippen molar-refractivity contribution in [3.05, 3.63) is 103 Å². The molecule has 0 spiro atoms. The second kappa shape index (κ2) is 16.3. The monoisotopic (exact) mass is 722 g/mol. The van der Waals surface area contributed by atoms with Gasteiger partial charge in [0.15, 0.2) is 17.7 Å². The molecule has 0 saturated heterocycles. The van der Waals surface area contributed by atoms with Gasteiger partial charge in [0, 0.05) is 17.3 Å². The maximum absolute atomic E-state index is 12.5. The molecule has 0 radical (unpaired) electrons. The van der Waals surface area contributed by atoms with E-state index in [4.69, 9.17) is 24.2 Å². The number of nitrogens with zero attached hydrogens (tertiary/aromatic N) is 3. The number of benzene rings is 3. The van der Waals surface area contributed by atoms with E-state index < -0.39 is 29.2 Å². The Balaban J connectivity index is 1.40. The molecule has 250 valence electrons. The zero-order valence-corrected chi connectivity index (χ0v) is 27.6. The van der Waals surface area contributed by atoms with Gasteiger partial charge >= 0.3 is 17.7 Å². The average Bonchev–Trinajstić information content (AvgIpc) is 3.06. The maximum Gasteiger partial charge on any atom is 0.337 e. The number of nitriles is 1. The Morgan fingerprint density at radius 1 is 1.19 bits per heavy atom. The van der Waals surface area contributed by atoms with Gasteiger partial charge in [0.1, 0.15) is 13.2 Å². The summed E-state index contributed by atoms with van der Waals surface area (Å²) in [4.78, 5) is 35.8. The molecule has 1 heterocycles. The third-order valence-electron chi connectivity index (χ3n) is 6.82. The lowest BCUT2D eigenvalue weighted by molar-refractivity contribution is -0.386. The predicted molar refractivity (Wildman–Crippen MR) is 175 cm³/mol. The fourth-order valence-corrected chi connectivity index (χ4v) is 5.19. The number of methoxy groups -OCH3 is 1. The first-order valence-corrected chi connectivity index (χ1v) is 15.2. The minimum absolute atomic E-state index is 0.0224. The van der Waals surface area contributed by atoms with Gasteiger partial charge in [-0.3, -0.25) is 15.5 Å². The Labute approximate surface area is 283 Å². The number of hydrogen-bond donors (Lipinski definition) is 4. The highest BCUT2D eigenvalue weighted by Crippen LogP contribution is 2.37. The average molecular weight is 724 g/mol. The first-order chi connectivity index (χ1) is 23.0. The number of allylic oxidation sites excluding steroid dienone is 1. The number of nitro groups is 1. The molecule has 1 aliphatic rings. The molecule has 3 aromatic rings. The second-order valence-corrected chi connectivity index (χ2v) is 11.0. The minimum atomic E-state index is -1.29. The number of carbonyl (C=O) groups excluding carboxylic acids is 2. The molecule has 15 nitrogen and oxygen atoms in total. The number of carbonyl (C=O) groups is 2. The molecule has 4 rings (SSSR count).